The lowest BCUT2D eigenvalue weighted by molar-refractivity contribution is -0.182. The molecule has 1 amide bonds. The van der Waals surface area contributed by atoms with Gasteiger partial charge in [0.25, 0.3) is 0 Å². The fourth-order valence-electron chi connectivity index (χ4n) is 4.29. The molecule has 2 N–H and O–H groups in total. The molecular weight excluding hydrogens is 456 g/mol. The van der Waals surface area contributed by atoms with Gasteiger partial charge < -0.3 is 15.4 Å². The van der Waals surface area contributed by atoms with Crippen LogP contribution in [-0.2, 0) is 22.0 Å². The number of nitrogens with one attached hydrogen (secondary N) is 2. The molecule has 0 aromatic carbocycles. The molecule has 6 heterocycles. The van der Waals surface area contributed by atoms with Crippen LogP contribution in [0, 0.1) is 0 Å². The highest BCUT2D eigenvalue weighted by Gasteiger charge is 2.38. The highest BCUT2D eigenvalue weighted by atomic mass is 19.3. The predicted molar refractivity (Wildman–Crippen MR) is 125 cm³/mol. The monoisotopic (exact) mass is 481 g/mol. The SMILES string of the molecule is CC(=O)Nc1cc(Nc2ccnc(C(C)(F)F)n2)c(-c2ccc(CN3CC4CC(C3)O4)cn2)cn1. The fraction of sp³-hybridized carbons (Fsp3) is 0.375. The molecule has 2 atom stereocenters. The molecule has 2 unspecified atom stereocenters. The van der Waals surface area contributed by atoms with Crippen molar-refractivity contribution in [1.29, 1.82) is 0 Å². The van der Waals surface area contributed by atoms with Gasteiger partial charge >= 0.3 is 5.92 Å². The van der Waals surface area contributed by atoms with Crippen molar-refractivity contribution in [3.63, 3.8) is 0 Å². The van der Waals surface area contributed by atoms with Gasteiger partial charge in [0.2, 0.25) is 11.7 Å². The lowest BCUT2D eigenvalue weighted by atomic mass is 9.98. The van der Waals surface area contributed by atoms with Gasteiger partial charge in [0.05, 0.1) is 23.6 Å². The summed E-state index contributed by atoms with van der Waals surface area (Å²) in [6, 6.07) is 7.00. The van der Waals surface area contributed by atoms with Crippen molar-refractivity contribution in [3.05, 3.63) is 54.2 Å². The third-order valence-electron chi connectivity index (χ3n) is 5.86. The number of ether oxygens (including phenoxy) is 1. The summed E-state index contributed by atoms with van der Waals surface area (Å²) in [5.74, 6) is -3.57. The number of fused-ring (bicyclic) bond motifs is 2. The molecule has 182 valence electrons. The van der Waals surface area contributed by atoms with E-state index in [1.807, 2.05) is 18.3 Å². The molecule has 2 bridgehead atoms. The van der Waals surface area contributed by atoms with Crippen LogP contribution >= 0.6 is 0 Å². The molecular formula is C24H25F2N7O2. The van der Waals surface area contributed by atoms with Gasteiger partial charge in [-0.3, -0.25) is 14.7 Å². The number of anilines is 3. The number of carbonyl (C=O) groups excluding carboxylic acids is 1. The molecule has 9 nitrogen and oxygen atoms in total. The Bertz CT molecular complexity index is 1220. The number of morpholine rings is 1. The van der Waals surface area contributed by atoms with Crippen LogP contribution in [0.2, 0.25) is 0 Å². The van der Waals surface area contributed by atoms with Crippen LogP contribution in [0.4, 0.5) is 26.1 Å². The Hall–Kier alpha value is -3.57. The first-order valence-electron chi connectivity index (χ1n) is 11.3. The maximum absolute atomic E-state index is 13.7. The smallest absolute Gasteiger partial charge is 0.303 e. The Labute approximate surface area is 201 Å². The minimum atomic E-state index is -3.18. The first kappa shape index (κ1) is 23.2. The fourth-order valence-corrected chi connectivity index (χ4v) is 4.29. The maximum Gasteiger partial charge on any atom is 0.303 e. The molecule has 0 aliphatic carbocycles. The van der Waals surface area contributed by atoms with Crippen LogP contribution in [0.5, 0.6) is 0 Å². The number of rotatable bonds is 7. The second-order valence-corrected chi connectivity index (χ2v) is 8.94. The molecule has 0 spiro atoms. The Morgan fingerprint density at radius 3 is 2.57 bits per heavy atom. The summed E-state index contributed by atoms with van der Waals surface area (Å²) in [4.78, 5) is 30.4. The van der Waals surface area contributed by atoms with Crippen molar-refractivity contribution < 1.29 is 18.3 Å². The van der Waals surface area contributed by atoms with Gasteiger partial charge in [-0.25, -0.2) is 15.0 Å². The highest BCUT2D eigenvalue weighted by Crippen LogP contribution is 2.32. The molecule has 0 saturated carbocycles. The minimum absolute atomic E-state index is 0.181. The number of carbonyl (C=O) groups is 1. The summed E-state index contributed by atoms with van der Waals surface area (Å²) in [7, 11) is 0. The number of pyridine rings is 2. The van der Waals surface area contributed by atoms with Crippen LogP contribution in [0.15, 0.2) is 42.9 Å². The van der Waals surface area contributed by atoms with Crippen molar-refractivity contribution in [2.45, 2.75) is 44.9 Å². The highest BCUT2D eigenvalue weighted by molar-refractivity contribution is 5.89. The summed E-state index contributed by atoms with van der Waals surface area (Å²) >= 11 is 0. The summed E-state index contributed by atoms with van der Waals surface area (Å²) in [6.45, 7) is 4.77. The Balaban J connectivity index is 1.40. The lowest BCUT2D eigenvalue weighted by Crippen LogP contribution is -2.56. The molecule has 3 aromatic heterocycles. The number of nitrogens with zero attached hydrogens (tertiary/aromatic N) is 5. The average molecular weight is 482 g/mol. The lowest BCUT2D eigenvalue weighted by Gasteiger charge is -2.47. The van der Waals surface area contributed by atoms with Gasteiger partial charge in [-0.1, -0.05) is 6.07 Å². The number of hydrogen-bond donors (Lipinski definition) is 2. The number of amides is 1. The summed E-state index contributed by atoms with van der Waals surface area (Å²) < 4.78 is 33.1. The zero-order valence-corrected chi connectivity index (χ0v) is 19.3. The number of piperidine rings is 1. The van der Waals surface area contributed by atoms with E-state index in [1.165, 1.54) is 19.2 Å². The number of hydrogen-bond acceptors (Lipinski definition) is 8. The van der Waals surface area contributed by atoms with E-state index in [0.29, 0.717) is 35.0 Å². The van der Waals surface area contributed by atoms with Crippen molar-refractivity contribution in [2.75, 3.05) is 23.7 Å². The average Bonchev–Trinajstić information content (AvgIpc) is 2.79. The van der Waals surface area contributed by atoms with Crippen LogP contribution < -0.4 is 10.6 Å². The predicted octanol–water partition coefficient (Wildman–Crippen LogP) is 3.72. The van der Waals surface area contributed by atoms with E-state index >= 15 is 0 Å². The van der Waals surface area contributed by atoms with Crippen molar-refractivity contribution in [1.82, 2.24) is 24.8 Å². The third-order valence-corrected chi connectivity index (χ3v) is 5.86. The Kier molecular flexibility index (Phi) is 6.12. The quantitative estimate of drug-likeness (QED) is 0.526. The van der Waals surface area contributed by atoms with E-state index in [2.05, 4.69) is 35.5 Å². The van der Waals surface area contributed by atoms with Gasteiger partial charge in [-0.05, 0) is 17.7 Å². The van der Waals surface area contributed by atoms with E-state index in [-0.39, 0.29) is 11.7 Å². The van der Waals surface area contributed by atoms with Gasteiger partial charge in [0, 0.05) is 70.1 Å². The zero-order valence-electron chi connectivity index (χ0n) is 19.3. The molecule has 3 aliphatic rings. The van der Waals surface area contributed by atoms with Gasteiger partial charge in [-0.2, -0.15) is 8.78 Å². The first-order chi connectivity index (χ1) is 16.7. The summed E-state index contributed by atoms with van der Waals surface area (Å²) in [6.07, 6.45) is 6.49. The van der Waals surface area contributed by atoms with Crippen LogP contribution in [0.1, 0.15) is 31.7 Å². The molecule has 0 radical (unpaired) electrons. The standard InChI is InChI=1S/C24H25F2N7O2/c1-14(34)30-22-8-20(31-21-5-6-27-23(32-21)24(2,25)26)18(10-29-22)19-4-3-15(9-28-19)11-33-12-16-7-17(13-33)35-16/h3-6,8-10,16-17H,7,11-13H2,1-2H3,(H2,27,29,30,31,32,34). The number of alkyl halides is 2. The summed E-state index contributed by atoms with van der Waals surface area (Å²) in [5, 5.41) is 5.68. The van der Waals surface area contributed by atoms with Crippen molar-refractivity contribution >= 4 is 23.2 Å². The van der Waals surface area contributed by atoms with Crippen LogP contribution in [0.3, 0.4) is 0 Å². The second kappa shape index (κ2) is 9.23. The third kappa shape index (κ3) is 5.41. The molecule has 3 saturated heterocycles. The van der Waals surface area contributed by atoms with Gasteiger partial charge in [0.15, 0.2) is 0 Å². The molecule has 11 heteroatoms. The largest absolute Gasteiger partial charge is 0.372 e. The second-order valence-electron chi connectivity index (χ2n) is 8.94. The molecule has 6 rings (SSSR count). The van der Waals surface area contributed by atoms with E-state index in [0.717, 1.165) is 38.5 Å². The Morgan fingerprint density at radius 2 is 1.91 bits per heavy atom. The molecule has 35 heavy (non-hydrogen) atoms. The Morgan fingerprint density at radius 1 is 1.14 bits per heavy atom. The van der Waals surface area contributed by atoms with Crippen LogP contribution in [-0.4, -0.2) is 56.0 Å². The molecule has 3 aliphatic heterocycles. The zero-order chi connectivity index (χ0) is 24.6. The van der Waals surface area contributed by atoms with E-state index < -0.39 is 11.7 Å². The van der Waals surface area contributed by atoms with Crippen LogP contribution in [0.25, 0.3) is 11.3 Å². The topological polar surface area (TPSA) is 105 Å². The van der Waals surface area contributed by atoms with Gasteiger partial charge in [-0.15, -0.1) is 0 Å². The minimum Gasteiger partial charge on any atom is -0.372 e. The van der Waals surface area contributed by atoms with E-state index in [9.17, 15) is 13.6 Å². The maximum atomic E-state index is 13.7. The van der Waals surface area contributed by atoms with E-state index in [4.69, 9.17) is 4.74 Å². The summed E-state index contributed by atoms with van der Waals surface area (Å²) in [5.41, 5.74) is 2.85. The first-order valence-corrected chi connectivity index (χ1v) is 11.3. The molecule has 3 fully saturated rings. The van der Waals surface area contributed by atoms with Crippen molar-refractivity contribution in [3.8, 4) is 11.3 Å². The molecule has 3 aromatic rings. The van der Waals surface area contributed by atoms with Gasteiger partial charge in [0.1, 0.15) is 11.6 Å². The number of aromatic nitrogens is 4. The normalized spacial score (nSPS) is 19.7. The van der Waals surface area contributed by atoms with Crippen molar-refractivity contribution in [2.24, 2.45) is 0 Å². The number of halogens is 2. The van der Waals surface area contributed by atoms with E-state index in [1.54, 1.807) is 12.3 Å².